The van der Waals surface area contributed by atoms with E-state index in [4.69, 9.17) is 0 Å². The minimum absolute atomic E-state index is 0.00429. The van der Waals surface area contributed by atoms with Gasteiger partial charge in [0.2, 0.25) is 0 Å². The van der Waals surface area contributed by atoms with Gasteiger partial charge >= 0.3 is 0 Å². The van der Waals surface area contributed by atoms with Gasteiger partial charge in [-0.2, -0.15) is 0 Å². The molecule has 1 aromatic heterocycles. The van der Waals surface area contributed by atoms with Gasteiger partial charge in [0.15, 0.2) is 0 Å². The molecule has 0 aliphatic rings. The molecule has 0 atom stereocenters. The van der Waals surface area contributed by atoms with Crippen LogP contribution in [0, 0.1) is 20.2 Å². The van der Waals surface area contributed by atoms with Crippen LogP contribution in [0.2, 0.25) is 0 Å². The van der Waals surface area contributed by atoms with Crippen molar-refractivity contribution in [2.24, 2.45) is 12.0 Å². The summed E-state index contributed by atoms with van der Waals surface area (Å²) >= 11 is 0. The summed E-state index contributed by atoms with van der Waals surface area (Å²) in [6.07, 6.45) is 1.71. The average Bonchev–Trinajstić information content (AvgIpc) is 3.04. The largest absolute Gasteiger partial charge is 0.341 e. The maximum atomic E-state index is 10.9. The first kappa shape index (κ1) is 19.8. The Morgan fingerprint density at radius 1 is 0.871 bits per heavy atom. The number of nitro groups is 2. The summed E-state index contributed by atoms with van der Waals surface area (Å²) in [5.74, 6) is 0.765. The van der Waals surface area contributed by atoms with Crippen molar-refractivity contribution in [2.75, 3.05) is 5.32 Å². The van der Waals surface area contributed by atoms with E-state index in [-0.39, 0.29) is 11.4 Å². The van der Waals surface area contributed by atoms with E-state index in [1.807, 2.05) is 35.9 Å². The highest BCUT2D eigenvalue weighted by Crippen LogP contribution is 2.31. The van der Waals surface area contributed by atoms with Crippen LogP contribution in [0.15, 0.2) is 77.8 Å². The van der Waals surface area contributed by atoms with E-state index >= 15 is 0 Å². The van der Waals surface area contributed by atoms with Gasteiger partial charge < -0.3 is 9.88 Å². The molecule has 9 nitrogen and oxygen atoms in total. The first-order valence-electron chi connectivity index (χ1n) is 9.31. The molecule has 3 aromatic carbocycles. The Morgan fingerprint density at radius 2 is 1.45 bits per heavy atom. The van der Waals surface area contributed by atoms with Gasteiger partial charge in [-0.1, -0.05) is 18.2 Å². The van der Waals surface area contributed by atoms with Crippen molar-refractivity contribution in [3.05, 3.63) is 98.6 Å². The number of hydrogen-bond donors (Lipinski definition) is 1. The second-order valence-corrected chi connectivity index (χ2v) is 6.80. The number of para-hydroxylation sites is 1. The van der Waals surface area contributed by atoms with Gasteiger partial charge in [0, 0.05) is 54.2 Å². The molecule has 0 bridgehead atoms. The molecule has 0 aliphatic carbocycles. The number of nitro benzene ring substituents is 2. The summed E-state index contributed by atoms with van der Waals surface area (Å²) in [5, 5.41) is 26.0. The van der Waals surface area contributed by atoms with E-state index < -0.39 is 9.85 Å². The molecule has 0 aliphatic heterocycles. The van der Waals surface area contributed by atoms with E-state index in [0.29, 0.717) is 11.4 Å². The van der Waals surface area contributed by atoms with Crippen molar-refractivity contribution >= 4 is 45.7 Å². The number of aromatic nitrogens is 1. The highest BCUT2D eigenvalue weighted by atomic mass is 16.6. The van der Waals surface area contributed by atoms with Crippen molar-refractivity contribution in [1.29, 1.82) is 0 Å². The highest BCUT2D eigenvalue weighted by molar-refractivity contribution is 6.06. The molecule has 4 rings (SSSR count). The van der Waals surface area contributed by atoms with Crippen LogP contribution in [-0.4, -0.2) is 20.6 Å². The number of aliphatic imine (C=N–C) groups is 1. The molecule has 0 radical (unpaired) electrons. The summed E-state index contributed by atoms with van der Waals surface area (Å²) in [5.41, 5.74) is 3.11. The molecule has 0 saturated carbocycles. The lowest BCUT2D eigenvalue weighted by Crippen LogP contribution is -2.00. The van der Waals surface area contributed by atoms with Crippen molar-refractivity contribution in [3.8, 4) is 0 Å². The summed E-state index contributed by atoms with van der Waals surface area (Å²) in [7, 11) is 1.92. The molecule has 31 heavy (non-hydrogen) atoms. The fourth-order valence-electron chi connectivity index (χ4n) is 3.31. The first-order chi connectivity index (χ1) is 14.9. The van der Waals surface area contributed by atoms with Crippen molar-refractivity contribution in [2.45, 2.75) is 0 Å². The zero-order valence-corrected chi connectivity index (χ0v) is 16.4. The summed E-state index contributed by atoms with van der Waals surface area (Å²) < 4.78 is 1.98. The van der Waals surface area contributed by atoms with Gasteiger partial charge in [-0.15, -0.1) is 0 Å². The van der Waals surface area contributed by atoms with Crippen LogP contribution in [-0.2, 0) is 7.05 Å². The van der Waals surface area contributed by atoms with E-state index in [2.05, 4.69) is 10.3 Å². The predicted molar refractivity (Wildman–Crippen MR) is 120 cm³/mol. The molecule has 0 saturated heterocycles. The molecule has 1 heterocycles. The second kappa shape index (κ2) is 8.07. The number of hydrogen-bond acceptors (Lipinski definition) is 6. The van der Waals surface area contributed by atoms with Gasteiger partial charge in [0.1, 0.15) is 5.82 Å². The Kier molecular flexibility index (Phi) is 5.15. The van der Waals surface area contributed by atoms with Crippen LogP contribution in [0.1, 0.15) is 5.56 Å². The summed E-state index contributed by atoms with van der Waals surface area (Å²) in [4.78, 5) is 25.3. The summed E-state index contributed by atoms with van der Waals surface area (Å²) in [6.45, 7) is 0. The topological polar surface area (TPSA) is 116 Å². The number of rotatable bonds is 6. The lowest BCUT2D eigenvalue weighted by atomic mass is 10.1. The standard InChI is InChI=1S/C22H17N5O4/c1-25-21-5-3-2-4-19(21)20(14-23-15-6-10-17(11-7-15)26(28)29)22(25)24-16-8-12-18(13-9-16)27(30)31/h2-14,24H,1H3. The third-order valence-corrected chi connectivity index (χ3v) is 4.89. The smallest absolute Gasteiger partial charge is 0.269 e. The van der Waals surface area contributed by atoms with Gasteiger partial charge in [-0.05, 0) is 30.3 Å². The average molecular weight is 415 g/mol. The Morgan fingerprint density at radius 3 is 2.06 bits per heavy atom. The van der Waals surface area contributed by atoms with Crippen LogP contribution in [0.5, 0.6) is 0 Å². The van der Waals surface area contributed by atoms with Crippen LogP contribution in [0.3, 0.4) is 0 Å². The number of non-ortho nitro benzene ring substituents is 2. The SMILES string of the molecule is Cn1c(Nc2ccc([N+](=O)[O-])cc2)c(C=Nc2ccc([N+](=O)[O-])cc2)c2ccccc21. The fraction of sp³-hybridized carbons (Fsp3) is 0.0455. The number of benzene rings is 3. The van der Waals surface area contributed by atoms with Crippen molar-refractivity contribution in [1.82, 2.24) is 4.57 Å². The van der Waals surface area contributed by atoms with E-state index in [0.717, 1.165) is 22.3 Å². The number of nitrogens with one attached hydrogen (secondary N) is 1. The molecule has 0 fully saturated rings. The Balaban J connectivity index is 1.73. The second-order valence-electron chi connectivity index (χ2n) is 6.80. The van der Waals surface area contributed by atoms with E-state index in [9.17, 15) is 20.2 Å². The van der Waals surface area contributed by atoms with Crippen LogP contribution in [0.4, 0.5) is 28.6 Å². The molecule has 9 heteroatoms. The van der Waals surface area contributed by atoms with Gasteiger partial charge in [0.05, 0.1) is 21.1 Å². The molecule has 0 unspecified atom stereocenters. The summed E-state index contributed by atoms with van der Waals surface area (Å²) in [6, 6.07) is 20.0. The molecule has 154 valence electrons. The molecular weight excluding hydrogens is 398 g/mol. The zero-order valence-electron chi connectivity index (χ0n) is 16.4. The molecule has 4 aromatic rings. The van der Waals surface area contributed by atoms with Gasteiger partial charge in [-0.25, -0.2) is 0 Å². The Labute approximate surface area is 176 Å². The first-order valence-corrected chi connectivity index (χ1v) is 9.31. The number of nitrogens with zero attached hydrogens (tertiary/aromatic N) is 4. The lowest BCUT2D eigenvalue weighted by Gasteiger charge is -2.09. The number of anilines is 2. The minimum atomic E-state index is -0.454. The van der Waals surface area contributed by atoms with E-state index in [1.165, 1.54) is 24.3 Å². The molecule has 0 spiro atoms. The number of fused-ring (bicyclic) bond motifs is 1. The molecular formula is C22H17N5O4. The van der Waals surface area contributed by atoms with Crippen molar-refractivity contribution < 1.29 is 9.85 Å². The third-order valence-electron chi connectivity index (χ3n) is 4.89. The highest BCUT2D eigenvalue weighted by Gasteiger charge is 2.14. The predicted octanol–water partition coefficient (Wildman–Crippen LogP) is 5.49. The number of aryl methyl sites for hydroxylation is 1. The molecule has 0 amide bonds. The Hall–Kier alpha value is -4.53. The van der Waals surface area contributed by atoms with Crippen molar-refractivity contribution in [3.63, 3.8) is 0 Å². The lowest BCUT2D eigenvalue weighted by molar-refractivity contribution is -0.385. The maximum Gasteiger partial charge on any atom is 0.269 e. The van der Waals surface area contributed by atoms with Crippen LogP contribution < -0.4 is 5.32 Å². The zero-order chi connectivity index (χ0) is 22.0. The maximum absolute atomic E-state index is 10.9. The fourth-order valence-corrected chi connectivity index (χ4v) is 3.31. The van der Waals surface area contributed by atoms with Crippen LogP contribution >= 0.6 is 0 Å². The Bertz CT molecular complexity index is 1310. The minimum Gasteiger partial charge on any atom is -0.341 e. The van der Waals surface area contributed by atoms with Crippen LogP contribution in [0.25, 0.3) is 10.9 Å². The molecule has 1 N–H and O–H groups in total. The third kappa shape index (κ3) is 3.97. The van der Waals surface area contributed by atoms with Gasteiger partial charge in [0.25, 0.3) is 11.4 Å². The normalized spacial score (nSPS) is 11.1. The van der Waals surface area contributed by atoms with Gasteiger partial charge in [-0.3, -0.25) is 25.2 Å². The van der Waals surface area contributed by atoms with E-state index in [1.54, 1.807) is 30.5 Å². The quantitative estimate of drug-likeness (QED) is 0.254. The monoisotopic (exact) mass is 415 g/mol.